The van der Waals surface area contributed by atoms with E-state index in [1.807, 2.05) is 0 Å². The van der Waals surface area contributed by atoms with Crippen LogP contribution in [0.3, 0.4) is 0 Å². The maximum Gasteiger partial charge on any atom is 0.263 e. The van der Waals surface area contributed by atoms with Crippen molar-refractivity contribution in [3.05, 3.63) is 29.3 Å². The minimum atomic E-state index is -0.222. The van der Waals surface area contributed by atoms with Gasteiger partial charge in [-0.25, -0.2) is 0 Å². The maximum absolute atomic E-state index is 12.3. The van der Waals surface area contributed by atoms with E-state index < -0.39 is 0 Å². The highest BCUT2D eigenvalue weighted by Crippen LogP contribution is 2.32. The summed E-state index contributed by atoms with van der Waals surface area (Å²) in [5.41, 5.74) is 7.05. The Bertz CT molecular complexity index is 524. The number of carbonyl (C=O) groups excluding carboxylic acids is 2. The fourth-order valence-electron chi connectivity index (χ4n) is 2.59. The second-order valence-corrected chi connectivity index (χ2v) is 5.77. The second-order valence-electron chi connectivity index (χ2n) is 4.62. The van der Waals surface area contributed by atoms with Crippen molar-refractivity contribution in [3.8, 4) is 0 Å². The predicted molar refractivity (Wildman–Crippen MR) is 71.7 cm³/mol. The zero-order chi connectivity index (χ0) is 12.7. The molecular weight excluding hydrogens is 248 g/mol. The third-order valence-electron chi connectivity index (χ3n) is 3.48. The topological polar surface area (TPSA) is 63.4 Å². The van der Waals surface area contributed by atoms with Crippen LogP contribution in [-0.2, 0) is 0 Å². The first-order valence-corrected chi connectivity index (χ1v) is 7.19. The Morgan fingerprint density at radius 1 is 1.28 bits per heavy atom. The fourth-order valence-corrected chi connectivity index (χ4v) is 3.71. The SMILES string of the molecule is Nc1cccc2c1C(=O)N(C1CCCSC1)C2=O. The molecule has 4 nitrogen and oxygen atoms in total. The smallest absolute Gasteiger partial charge is 0.263 e. The van der Waals surface area contributed by atoms with Crippen molar-refractivity contribution in [2.24, 2.45) is 0 Å². The van der Waals surface area contributed by atoms with Crippen molar-refractivity contribution in [3.63, 3.8) is 0 Å². The molecule has 1 fully saturated rings. The van der Waals surface area contributed by atoms with Crippen LogP contribution in [0.2, 0.25) is 0 Å². The number of fused-ring (bicyclic) bond motifs is 1. The summed E-state index contributed by atoms with van der Waals surface area (Å²) in [6.45, 7) is 0. The number of anilines is 1. The highest BCUT2D eigenvalue weighted by molar-refractivity contribution is 7.99. The van der Waals surface area contributed by atoms with Crippen LogP contribution in [0.15, 0.2) is 18.2 Å². The molecule has 0 bridgehead atoms. The molecule has 5 heteroatoms. The molecule has 1 aromatic carbocycles. The van der Waals surface area contributed by atoms with E-state index >= 15 is 0 Å². The molecule has 1 aromatic rings. The normalized spacial score (nSPS) is 23.3. The van der Waals surface area contributed by atoms with E-state index in [1.54, 1.807) is 30.0 Å². The van der Waals surface area contributed by atoms with Crippen molar-refractivity contribution >= 4 is 29.3 Å². The molecule has 1 unspecified atom stereocenters. The number of benzene rings is 1. The Morgan fingerprint density at radius 2 is 2.11 bits per heavy atom. The number of nitrogens with two attached hydrogens (primary N) is 1. The average molecular weight is 262 g/mol. The van der Waals surface area contributed by atoms with Gasteiger partial charge in [0.05, 0.1) is 11.1 Å². The Balaban J connectivity index is 1.99. The largest absolute Gasteiger partial charge is 0.398 e. The number of nitrogens with zero attached hydrogens (tertiary/aromatic N) is 1. The van der Waals surface area contributed by atoms with Crippen LogP contribution in [0.25, 0.3) is 0 Å². The average Bonchev–Trinajstić information content (AvgIpc) is 2.64. The van der Waals surface area contributed by atoms with Gasteiger partial charge in [0.25, 0.3) is 11.8 Å². The van der Waals surface area contributed by atoms with E-state index in [-0.39, 0.29) is 17.9 Å². The summed E-state index contributed by atoms with van der Waals surface area (Å²) in [6.07, 6.45) is 1.95. The lowest BCUT2D eigenvalue weighted by atomic mass is 10.1. The number of imide groups is 1. The van der Waals surface area contributed by atoms with Crippen molar-refractivity contribution in [2.45, 2.75) is 18.9 Å². The van der Waals surface area contributed by atoms with Crippen LogP contribution in [0, 0.1) is 0 Å². The monoisotopic (exact) mass is 262 g/mol. The van der Waals surface area contributed by atoms with Gasteiger partial charge in [-0.05, 0) is 30.7 Å². The number of nitrogen functional groups attached to an aromatic ring is 1. The molecule has 0 aliphatic carbocycles. The second kappa shape index (κ2) is 4.31. The van der Waals surface area contributed by atoms with Gasteiger partial charge in [0.15, 0.2) is 0 Å². The fraction of sp³-hybridized carbons (Fsp3) is 0.385. The predicted octanol–water partition coefficient (Wildman–Crippen LogP) is 1.76. The summed E-state index contributed by atoms with van der Waals surface area (Å²) >= 11 is 1.80. The van der Waals surface area contributed by atoms with Crippen LogP contribution in [0.4, 0.5) is 5.69 Å². The molecule has 0 aromatic heterocycles. The van der Waals surface area contributed by atoms with Crippen LogP contribution >= 0.6 is 11.8 Å². The first-order chi connectivity index (χ1) is 8.70. The number of hydrogen-bond donors (Lipinski definition) is 1. The standard InChI is InChI=1S/C13H14N2O2S/c14-10-5-1-4-9-11(10)13(17)15(12(9)16)8-3-2-6-18-7-8/h1,4-5,8H,2-3,6-7,14H2. The van der Waals surface area contributed by atoms with E-state index in [0.29, 0.717) is 16.8 Å². The lowest BCUT2D eigenvalue weighted by molar-refractivity contribution is 0.0591. The number of thioether (sulfide) groups is 1. The van der Waals surface area contributed by atoms with E-state index in [0.717, 1.165) is 24.3 Å². The van der Waals surface area contributed by atoms with Crippen molar-refractivity contribution in [1.29, 1.82) is 0 Å². The Kier molecular flexibility index (Phi) is 2.78. The summed E-state index contributed by atoms with van der Waals surface area (Å²) < 4.78 is 0. The van der Waals surface area contributed by atoms with E-state index in [9.17, 15) is 9.59 Å². The van der Waals surface area contributed by atoms with Crippen molar-refractivity contribution < 1.29 is 9.59 Å². The maximum atomic E-state index is 12.3. The van der Waals surface area contributed by atoms with E-state index in [1.165, 1.54) is 4.90 Å². The minimum absolute atomic E-state index is 0.0237. The first kappa shape index (κ1) is 11.6. The zero-order valence-electron chi connectivity index (χ0n) is 9.89. The van der Waals surface area contributed by atoms with Crippen LogP contribution in [-0.4, -0.2) is 34.3 Å². The molecule has 2 amide bonds. The van der Waals surface area contributed by atoms with E-state index in [2.05, 4.69) is 0 Å². The lowest BCUT2D eigenvalue weighted by Gasteiger charge is -2.29. The molecule has 0 spiro atoms. The molecule has 3 rings (SSSR count). The Labute approximate surface area is 110 Å². The quantitative estimate of drug-likeness (QED) is 0.619. The molecular formula is C13H14N2O2S. The first-order valence-electron chi connectivity index (χ1n) is 6.04. The number of amides is 2. The highest BCUT2D eigenvalue weighted by atomic mass is 32.2. The third kappa shape index (κ3) is 1.61. The highest BCUT2D eigenvalue weighted by Gasteiger charge is 2.41. The van der Waals surface area contributed by atoms with E-state index in [4.69, 9.17) is 5.73 Å². The molecule has 94 valence electrons. The minimum Gasteiger partial charge on any atom is -0.398 e. The summed E-state index contributed by atoms with van der Waals surface area (Å²) in [4.78, 5) is 26.1. The summed E-state index contributed by atoms with van der Waals surface area (Å²) in [5.74, 6) is 1.54. The van der Waals surface area contributed by atoms with Gasteiger partial charge in [-0.2, -0.15) is 11.8 Å². The number of hydrogen-bond acceptors (Lipinski definition) is 4. The summed E-state index contributed by atoms with van der Waals surface area (Å²) in [5, 5.41) is 0. The van der Waals surface area contributed by atoms with Crippen molar-refractivity contribution in [1.82, 2.24) is 4.90 Å². The molecule has 0 radical (unpaired) electrons. The van der Waals surface area contributed by atoms with Gasteiger partial charge in [0, 0.05) is 17.5 Å². The number of rotatable bonds is 1. The molecule has 2 aliphatic heterocycles. The lowest BCUT2D eigenvalue weighted by Crippen LogP contribution is -2.42. The third-order valence-corrected chi connectivity index (χ3v) is 4.68. The van der Waals surface area contributed by atoms with Crippen LogP contribution in [0.5, 0.6) is 0 Å². The Morgan fingerprint density at radius 3 is 2.78 bits per heavy atom. The Hall–Kier alpha value is -1.49. The number of carbonyl (C=O) groups is 2. The van der Waals surface area contributed by atoms with Gasteiger partial charge in [-0.1, -0.05) is 6.07 Å². The zero-order valence-corrected chi connectivity index (χ0v) is 10.7. The molecule has 18 heavy (non-hydrogen) atoms. The molecule has 1 saturated heterocycles. The van der Waals surface area contributed by atoms with Gasteiger partial charge in [-0.15, -0.1) is 0 Å². The van der Waals surface area contributed by atoms with Crippen LogP contribution < -0.4 is 5.73 Å². The van der Waals surface area contributed by atoms with Gasteiger partial charge in [0.1, 0.15) is 0 Å². The van der Waals surface area contributed by atoms with Gasteiger partial charge >= 0.3 is 0 Å². The summed E-state index contributed by atoms with van der Waals surface area (Å²) in [7, 11) is 0. The van der Waals surface area contributed by atoms with Crippen LogP contribution in [0.1, 0.15) is 33.6 Å². The van der Waals surface area contributed by atoms with Gasteiger partial charge < -0.3 is 5.73 Å². The summed E-state index contributed by atoms with van der Waals surface area (Å²) in [6, 6.07) is 5.10. The van der Waals surface area contributed by atoms with Gasteiger partial charge in [-0.3, -0.25) is 14.5 Å². The van der Waals surface area contributed by atoms with Gasteiger partial charge in [0.2, 0.25) is 0 Å². The molecule has 0 saturated carbocycles. The molecule has 2 heterocycles. The molecule has 1 atom stereocenters. The molecule has 2 aliphatic rings. The molecule has 2 N–H and O–H groups in total. The van der Waals surface area contributed by atoms with Crippen molar-refractivity contribution in [2.75, 3.05) is 17.2 Å².